The summed E-state index contributed by atoms with van der Waals surface area (Å²) in [6.45, 7) is 5.42. The van der Waals surface area contributed by atoms with E-state index in [4.69, 9.17) is 0 Å². The SMILES string of the molecule is CCNCc1ccccc1N(C)CC1CC2CCC1C2. The largest absolute Gasteiger partial charge is 0.374 e. The van der Waals surface area contributed by atoms with E-state index in [0.29, 0.717) is 0 Å². The van der Waals surface area contributed by atoms with Crippen LogP contribution in [0.15, 0.2) is 24.3 Å². The Bertz CT molecular complexity index is 443. The Hall–Kier alpha value is -1.02. The van der Waals surface area contributed by atoms with Crippen LogP contribution in [0.5, 0.6) is 0 Å². The van der Waals surface area contributed by atoms with E-state index in [1.165, 1.54) is 43.5 Å². The van der Waals surface area contributed by atoms with Crippen molar-refractivity contribution in [2.75, 3.05) is 25.0 Å². The topological polar surface area (TPSA) is 15.3 Å². The normalized spacial score (nSPS) is 28.0. The summed E-state index contributed by atoms with van der Waals surface area (Å²) in [7, 11) is 2.27. The minimum absolute atomic E-state index is 0.936. The van der Waals surface area contributed by atoms with Crippen LogP contribution in [0.2, 0.25) is 0 Å². The summed E-state index contributed by atoms with van der Waals surface area (Å²) in [5, 5.41) is 3.45. The number of hydrogen-bond acceptors (Lipinski definition) is 2. The summed E-state index contributed by atoms with van der Waals surface area (Å²) in [5.41, 5.74) is 2.84. The van der Waals surface area contributed by atoms with Gasteiger partial charge in [-0.15, -0.1) is 0 Å². The zero-order valence-electron chi connectivity index (χ0n) is 12.9. The number of fused-ring (bicyclic) bond motifs is 2. The van der Waals surface area contributed by atoms with Crippen molar-refractivity contribution in [1.29, 1.82) is 0 Å². The Kier molecular flexibility index (Phi) is 4.30. The zero-order valence-corrected chi connectivity index (χ0v) is 12.9. The summed E-state index contributed by atoms with van der Waals surface area (Å²) >= 11 is 0. The molecule has 1 N–H and O–H groups in total. The van der Waals surface area contributed by atoms with Crippen molar-refractivity contribution in [3.8, 4) is 0 Å². The third-order valence-corrected chi connectivity index (χ3v) is 5.36. The molecule has 2 saturated carbocycles. The van der Waals surface area contributed by atoms with Crippen LogP contribution in [-0.4, -0.2) is 20.1 Å². The number of anilines is 1. The number of benzene rings is 1. The molecule has 3 rings (SSSR count). The first-order valence-electron chi connectivity index (χ1n) is 8.27. The lowest BCUT2D eigenvalue weighted by molar-refractivity contribution is 0.337. The van der Waals surface area contributed by atoms with E-state index < -0.39 is 0 Å². The van der Waals surface area contributed by atoms with Crippen LogP contribution in [-0.2, 0) is 6.54 Å². The summed E-state index contributed by atoms with van der Waals surface area (Å²) in [6, 6.07) is 8.86. The summed E-state index contributed by atoms with van der Waals surface area (Å²) in [4.78, 5) is 2.50. The van der Waals surface area contributed by atoms with Gasteiger partial charge in [-0.1, -0.05) is 31.5 Å². The summed E-state index contributed by atoms with van der Waals surface area (Å²) in [5.74, 6) is 3.00. The molecule has 2 fully saturated rings. The van der Waals surface area contributed by atoms with Crippen LogP contribution in [0.4, 0.5) is 5.69 Å². The van der Waals surface area contributed by atoms with Gasteiger partial charge in [-0.3, -0.25) is 0 Å². The highest BCUT2D eigenvalue weighted by Gasteiger charge is 2.39. The summed E-state index contributed by atoms with van der Waals surface area (Å²) < 4.78 is 0. The second-order valence-corrected chi connectivity index (χ2v) is 6.72. The average molecular weight is 272 g/mol. The number of hydrogen-bond donors (Lipinski definition) is 1. The molecule has 2 nitrogen and oxygen atoms in total. The average Bonchev–Trinajstić information content (AvgIpc) is 3.08. The molecular formula is C18H28N2. The Balaban J connectivity index is 1.65. The van der Waals surface area contributed by atoms with Crippen LogP contribution in [0, 0.1) is 17.8 Å². The van der Waals surface area contributed by atoms with Crippen molar-refractivity contribution in [3.63, 3.8) is 0 Å². The van der Waals surface area contributed by atoms with Gasteiger partial charge >= 0.3 is 0 Å². The number of nitrogens with zero attached hydrogens (tertiary/aromatic N) is 1. The van der Waals surface area contributed by atoms with Crippen molar-refractivity contribution < 1.29 is 0 Å². The molecule has 1 aromatic rings. The fourth-order valence-corrected chi connectivity index (χ4v) is 4.34. The van der Waals surface area contributed by atoms with Crippen molar-refractivity contribution >= 4 is 5.69 Å². The molecular weight excluding hydrogens is 244 g/mol. The first-order valence-corrected chi connectivity index (χ1v) is 8.27. The van der Waals surface area contributed by atoms with Gasteiger partial charge in [-0.2, -0.15) is 0 Å². The van der Waals surface area contributed by atoms with Gasteiger partial charge in [-0.05, 0) is 55.2 Å². The molecule has 0 amide bonds. The van der Waals surface area contributed by atoms with E-state index in [0.717, 1.165) is 30.8 Å². The fraction of sp³-hybridized carbons (Fsp3) is 0.667. The highest BCUT2D eigenvalue weighted by Crippen LogP contribution is 2.48. The molecule has 2 aliphatic carbocycles. The maximum absolute atomic E-state index is 3.45. The van der Waals surface area contributed by atoms with Gasteiger partial charge in [0.25, 0.3) is 0 Å². The van der Waals surface area contributed by atoms with Crippen LogP contribution in [0.1, 0.15) is 38.2 Å². The van der Waals surface area contributed by atoms with E-state index in [-0.39, 0.29) is 0 Å². The van der Waals surface area contributed by atoms with Gasteiger partial charge in [0.1, 0.15) is 0 Å². The highest BCUT2D eigenvalue weighted by molar-refractivity contribution is 5.53. The predicted octanol–water partition coefficient (Wildman–Crippen LogP) is 3.67. The highest BCUT2D eigenvalue weighted by atomic mass is 15.1. The fourth-order valence-electron chi connectivity index (χ4n) is 4.34. The molecule has 0 saturated heterocycles. The minimum atomic E-state index is 0.936. The lowest BCUT2D eigenvalue weighted by atomic mass is 9.88. The van der Waals surface area contributed by atoms with E-state index in [1.807, 2.05) is 0 Å². The first kappa shape index (κ1) is 13.9. The van der Waals surface area contributed by atoms with Gasteiger partial charge in [0, 0.05) is 25.8 Å². The van der Waals surface area contributed by atoms with Crippen molar-refractivity contribution in [2.45, 2.75) is 39.2 Å². The Morgan fingerprint density at radius 1 is 1.20 bits per heavy atom. The van der Waals surface area contributed by atoms with Crippen molar-refractivity contribution in [1.82, 2.24) is 5.32 Å². The second-order valence-electron chi connectivity index (χ2n) is 6.72. The third kappa shape index (κ3) is 2.85. The zero-order chi connectivity index (χ0) is 13.9. The van der Waals surface area contributed by atoms with Gasteiger partial charge in [0.15, 0.2) is 0 Å². The standard InChI is InChI=1S/C18H28N2/c1-3-19-12-16-6-4-5-7-18(16)20(2)13-17-11-14-8-9-15(17)10-14/h4-7,14-15,17,19H,3,8-13H2,1-2H3. The number of para-hydroxylation sites is 1. The molecule has 20 heavy (non-hydrogen) atoms. The molecule has 1 aromatic carbocycles. The molecule has 0 radical (unpaired) electrons. The second kappa shape index (κ2) is 6.17. The molecule has 2 aliphatic rings. The molecule has 0 spiro atoms. The van der Waals surface area contributed by atoms with Gasteiger partial charge in [-0.25, -0.2) is 0 Å². The van der Waals surface area contributed by atoms with Crippen LogP contribution < -0.4 is 10.2 Å². The van der Waals surface area contributed by atoms with Crippen LogP contribution >= 0.6 is 0 Å². The monoisotopic (exact) mass is 272 g/mol. The molecule has 2 heteroatoms. The Labute approximate surface area is 123 Å². The Morgan fingerprint density at radius 3 is 2.75 bits per heavy atom. The van der Waals surface area contributed by atoms with Gasteiger partial charge in [0.2, 0.25) is 0 Å². The molecule has 3 unspecified atom stereocenters. The number of rotatable bonds is 6. The van der Waals surface area contributed by atoms with Crippen molar-refractivity contribution in [3.05, 3.63) is 29.8 Å². The van der Waals surface area contributed by atoms with Crippen LogP contribution in [0.3, 0.4) is 0 Å². The first-order chi connectivity index (χ1) is 9.78. The lowest BCUT2D eigenvalue weighted by Crippen LogP contribution is -2.29. The lowest BCUT2D eigenvalue weighted by Gasteiger charge is -2.30. The minimum Gasteiger partial charge on any atom is -0.374 e. The molecule has 0 heterocycles. The molecule has 0 aliphatic heterocycles. The van der Waals surface area contributed by atoms with Crippen molar-refractivity contribution in [2.24, 2.45) is 17.8 Å². The summed E-state index contributed by atoms with van der Waals surface area (Å²) in [6.07, 6.45) is 5.98. The van der Waals surface area contributed by atoms with Gasteiger partial charge in [0.05, 0.1) is 0 Å². The van der Waals surface area contributed by atoms with Gasteiger partial charge < -0.3 is 10.2 Å². The van der Waals surface area contributed by atoms with E-state index in [1.54, 1.807) is 0 Å². The molecule has 2 bridgehead atoms. The third-order valence-electron chi connectivity index (χ3n) is 5.36. The quantitative estimate of drug-likeness (QED) is 0.850. The number of nitrogens with one attached hydrogen (secondary N) is 1. The van der Waals surface area contributed by atoms with E-state index in [2.05, 4.69) is 48.5 Å². The maximum Gasteiger partial charge on any atom is 0.0409 e. The van der Waals surface area contributed by atoms with Crippen LogP contribution in [0.25, 0.3) is 0 Å². The maximum atomic E-state index is 3.45. The molecule has 0 aromatic heterocycles. The Morgan fingerprint density at radius 2 is 2.05 bits per heavy atom. The predicted molar refractivity (Wildman–Crippen MR) is 86.0 cm³/mol. The van der Waals surface area contributed by atoms with E-state index >= 15 is 0 Å². The molecule has 3 atom stereocenters. The molecule has 110 valence electrons. The smallest absolute Gasteiger partial charge is 0.0409 e. The van der Waals surface area contributed by atoms with E-state index in [9.17, 15) is 0 Å².